The minimum Gasteiger partial charge on any atom is -0.375 e. The highest BCUT2D eigenvalue weighted by molar-refractivity contribution is 6.07. The van der Waals surface area contributed by atoms with Gasteiger partial charge in [-0.3, -0.25) is 14.6 Å². The molecule has 0 fully saturated rings. The van der Waals surface area contributed by atoms with Crippen molar-refractivity contribution < 1.29 is 9.59 Å². The van der Waals surface area contributed by atoms with Gasteiger partial charge in [-0.05, 0) is 56.7 Å². The number of rotatable bonds is 7. The Balaban J connectivity index is 1.59. The molecule has 2 heterocycles. The summed E-state index contributed by atoms with van der Waals surface area (Å²) in [7, 11) is 3.40. The monoisotopic (exact) mass is 498 g/mol. The summed E-state index contributed by atoms with van der Waals surface area (Å²) in [5, 5.41) is 16.6. The molecule has 10 nitrogen and oxygen atoms in total. The molecule has 37 heavy (non-hydrogen) atoms. The van der Waals surface area contributed by atoms with Crippen LogP contribution in [0.2, 0.25) is 0 Å². The molecule has 3 aromatic rings. The van der Waals surface area contributed by atoms with E-state index in [-0.39, 0.29) is 18.5 Å². The molecule has 1 aliphatic rings. The third-order valence-corrected chi connectivity index (χ3v) is 5.92. The number of nitrogens with zero attached hydrogens (tertiary/aromatic N) is 4. The Labute approximate surface area is 215 Å². The first-order chi connectivity index (χ1) is 17.7. The molecule has 0 unspecified atom stereocenters. The van der Waals surface area contributed by atoms with Crippen LogP contribution >= 0.6 is 0 Å². The van der Waals surface area contributed by atoms with Crippen LogP contribution in [-0.4, -0.2) is 41.7 Å². The van der Waals surface area contributed by atoms with Gasteiger partial charge in [0.25, 0.3) is 5.91 Å². The van der Waals surface area contributed by atoms with Crippen molar-refractivity contribution in [1.82, 2.24) is 15.3 Å². The van der Waals surface area contributed by atoms with Crippen LogP contribution in [0.15, 0.2) is 60.6 Å². The van der Waals surface area contributed by atoms with E-state index in [0.717, 1.165) is 16.7 Å². The van der Waals surface area contributed by atoms with Crippen LogP contribution in [0.3, 0.4) is 0 Å². The minimum atomic E-state index is -0.248. The smallest absolute Gasteiger partial charge is 0.330 e. The first-order valence-corrected chi connectivity index (χ1v) is 11.8. The normalized spacial score (nSPS) is 13.2. The SMILES string of the molecule is CN/C(=C\C(C)=N)Nc1ncc2c(n1)N(C)C(=O)N(c1cc(NC(=O)c3cccc(C)c3)ccc1C)C2. The number of nitrogens with one attached hydrogen (secondary N) is 4. The topological polar surface area (TPSA) is 126 Å². The summed E-state index contributed by atoms with van der Waals surface area (Å²) >= 11 is 0. The number of aryl methyl sites for hydroxylation is 2. The molecule has 4 N–H and O–H groups in total. The zero-order chi connectivity index (χ0) is 26.7. The number of benzene rings is 2. The maximum atomic E-state index is 13.4. The number of anilines is 4. The van der Waals surface area contributed by atoms with Crippen molar-refractivity contribution in [2.24, 2.45) is 0 Å². The van der Waals surface area contributed by atoms with Gasteiger partial charge in [-0.25, -0.2) is 9.78 Å². The van der Waals surface area contributed by atoms with Gasteiger partial charge in [-0.15, -0.1) is 0 Å². The second kappa shape index (κ2) is 10.5. The van der Waals surface area contributed by atoms with Crippen LogP contribution in [0.4, 0.5) is 27.9 Å². The van der Waals surface area contributed by atoms with E-state index >= 15 is 0 Å². The third kappa shape index (κ3) is 5.58. The summed E-state index contributed by atoms with van der Waals surface area (Å²) in [6.45, 7) is 5.81. The highest BCUT2D eigenvalue weighted by Gasteiger charge is 2.31. The van der Waals surface area contributed by atoms with E-state index in [0.29, 0.717) is 40.2 Å². The van der Waals surface area contributed by atoms with Gasteiger partial charge in [-0.1, -0.05) is 23.8 Å². The molecule has 1 aromatic heterocycles. The lowest BCUT2D eigenvalue weighted by molar-refractivity contribution is 0.102. The molecule has 0 atom stereocenters. The van der Waals surface area contributed by atoms with E-state index in [1.807, 2.05) is 44.2 Å². The molecule has 0 saturated carbocycles. The fourth-order valence-electron chi connectivity index (χ4n) is 4.03. The Morgan fingerprint density at radius 1 is 1.14 bits per heavy atom. The Hall–Kier alpha value is -4.73. The molecule has 0 bridgehead atoms. The molecule has 0 radical (unpaired) electrons. The zero-order valence-electron chi connectivity index (χ0n) is 21.5. The van der Waals surface area contributed by atoms with E-state index in [2.05, 4.69) is 25.9 Å². The van der Waals surface area contributed by atoms with Crippen LogP contribution in [0.25, 0.3) is 0 Å². The lowest BCUT2D eigenvalue weighted by atomic mass is 10.1. The van der Waals surface area contributed by atoms with Crippen molar-refractivity contribution in [2.45, 2.75) is 27.3 Å². The summed E-state index contributed by atoms with van der Waals surface area (Å²) in [5.41, 5.74) is 4.89. The maximum Gasteiger partial charge on any atom is 0.330 e. The zero-order valence-corrected chi connectivity index (χ0v) is 21.5. The highest BCUT2D eigenvalue weighted by Crippen LogP contribution is 2.33. The van der Waals surface area contributed by atoms with Crippen molar-refractivity contribution in [1.29, 1.82) is 5.41 Å². The molecular formula is C27H30N8O2. The first-order valence-electron chi connectivity index (χ1n) is 11.8. The van der Waals surface area contributed by atoms with Gasteiger partial charge in [0.1, 0.15) is 11.6 Å². The van der Waals surface area contributed by atoms with E-state index in [4.69, 9.17) is 5.41 Å². The van der Waals surface area contributed by atoms with Crippen LogP contribution in [0.5, 0.6) is 0 Å². The molecule has 2 aromatic carbocycles. The van der Waals surface area contributed by atoms with Gasteiger partial charge in [0.2, 0.25) is 5.95 Å². The number of carbonyl (C=O) groups excluding carboxylic acids is 2. The summed E-state index contributed by atoms with van der Waals surface area (Å²) < 4.78 is 0. The Morgan fingerprint density at radius 3 is 2.62 bits per heavy atom. The Bertz CT molecular complexity index is 1420. The number of carbonyl (C=O) groups is 2. The van der Waals surface area contributed by atoms with Crippen LogP contribution < -0.4 is 25.8 Å². The molecule has 0 saturated heterocycles. The molecule has 1 aliphatic heterocycles. The second-order valence-corrected chi connectivity index (χ2v) is 8.91. The number of allylic oxidation sites excluding steroid dienone is 1. The van der Waals surface area contributed by atoms with E-state index in [1.54, 1.807) is 50.3 Å². The van der Waals surface area contributed by atoms with Gasteiger partial charge in [0.05, 0.1) is 12.2 Å². The molecule has 0 aliphatic carbocycles. The maximum absolute atomic E-state index is 13.4. The van der Waals surface area contributed by atoms with Crippen molar-refractivity contribution in [3.05, 3.63) is 82.8 Å². The largest absolute Gasteiger partial charge is 0.375 e. The first kappa shape index (κ1) is 25.4. The van der Waals surface area contributed by atoms with Crippen molar-refractivity contribution in [2.75, 3.05) is 34.5 Å². The molecule has 3 amide bonds. The number of aromatic nitrogens is 2. The Morgan fingerprint density at radius 2 is 1.92 bits per heavy atom. The number of urea groups is 1. The predicted molar refractivity (Wildman–Crippen MR) is 146 cm³/mol. The van der Waals surface area contributed by atoms with Crippen LogP contribution in [0.1, 0.15) is 34.0 Å². The molecular weight excluding hydrogens is 468 g/mol. The Kier molecular flexibility index (Phi) is 7.19. The van der Waals surface area contributed by atoms with E-state index in [1.165, 1.54) is 4.90 Å². The van der Waals surface area contributed by atoms with Crippen LogP contribution in [0, 0.1) is 19.3 Å². The van der Waals surface area contributed by atoms with Crippen LogP contribution in [-0.2, 0) is 6.54 Å². The summed E-state index contributed by atoms with van der Waals surface area (Å²) in [6, 6.07) is 12.6. The van der Waals surface area contributed by atoms with Gasteiger partial charge in [0.15, 0.2) is 0 Å². The lowest BCUT2D eigenvalue weighted by Gasteiger charge is -2.35. The van der Waals surface area contributed by atoms with Gasteiger partial charge < -0.3 is 21.4 Å². The van der Waals surface area contributed by atoms with Crippen molar-refractivity contribution in [3.8, 4) is 0 Å². The highest BCUT2D eigenvalue weighted by atomic mass is 16.2. The number of amides is 3. The molecule has 0 spiro atoms. The fourth-order valence-corrected chi connectivity index (χ4v) is 4.03. The number of fused-ring (bicyclic) bond motifs is 1. The summed E-state index contributed by atoms with van der Waals surface area (Å²) in [5.74, 6) is 1.17. The van der Waals surface area contributed by atoms with E-state index in [9.17, 15) is 9.59 Å². The molecule has 10 heteroatoms. The van der Waals surface area contributed by atoms with Crippen molar-refractivity contribution >= 4 is 40.8 Å². The second-order valence-electron chi connectivity index (χ2n) is 8.91. The molecule has 4 rings (SSSR count). The summed E-state index contributed by atoms with van der Waals surface area (Å²) in [4.78, 5) is 38.2. The number of hydrogen-bond donors (Lipinski definition) is 4. The number of hydrogen-bond acceptors (Lipinski definition) is 7. The third-order valence-electron chi connectivity index (χ3n) is 5.92. The van der Waals surface area contributed by atoms with Gasteiger partial charge >= 0.3 is 6.03 Å². The predicted octanol–water partition coefficient (Wildman–Crippen LogP) is 4.43. The minimum absolute atomic E-state index is 0.215. The standard InChI is InChI=1S/C27H30N8O2/c1-16-7-6-8-19(11-16)25(36)31-21-10-9-17(2)22(13-21)35-15-20-14-30-26(32-23(29-4)12-18(3)28)33-24(20)34(5)27(35)37/h6-14,28-29H,15H2,1-5H3,(H,31,36)(H,30,32,33)/b23-12+,28-18?. The molecule has 190 valence electrons. The van der Waals surface area contributed by atoms with Crippen molar-refractivity contribution in [3.63, 3.8) is 0 Å². The van der Waals surface area contributed by atoms with Gasteiger partial charge in [0, 0.05) is 42.8 Å². The lowest BCUT2D eigenvalue weighted by Crippen LogP contribution is -2.46. The summed E-state index contributed by atoms with van der Waals surface area (Å²) in [6.07, 6.45) is 3.30. The quantitative estimate of drug-likeness (QED) is 0.357. The average Bonchev–Trinajstić information content (AvgIpc) is 2.87. The van der Waals surface area contributed by atoms with E-state index < -0.39 is 0 Å². The fraction of sp³-hybridized carbons (Fsp3) is 0.222. The average molecular weight is 499 g/mol. The van der Waals surface area contributed by atoms with Gasteiger partial charge in [-0.2, -0.15) is 4.98 Å².